The minimum Gasteiger partial charge on any atom is -0.338 e. The SMILES string of the molecule is CCc1nn(C)cc1C(=O)N1CCC(C)C(CN)C1. The highest BCUT2D eigenvalue weighted by atomic mass is 16.2. The van der Waals surface area contributed by atoms with Crippen LogP contribution in [0.15, 0.2) is 6.20 Å². The molecule has 2 unspecified atom stereocenters. The van der Waals surface area contributed by atoms with Gasteiger partial charge in [-0.1, -0.05) is 13.8 Å². The van der Waals surface area contributed by atoms with E-state index in [1.807, 2.05) is 25.1 Å². The summed E-state index contributed by atoms with van der Waals surface area (Å²) in [6, 6.07) is 0. The summed E-state index contributed by atoms with van der Waals surface area (Å²) in [7, 11) is 1.86. The van der Waals surface area contributed by atoms with Crippen LogP contribution in [0, 0.1) is 11.8 Å². The van der Waals surface area contributed by atoms with Crippen LogP contribution < -0.4 is 5.73 Å². The fourth-order valence-electron chi connectivity index (χ4n) is 2.79. The molecule has 1 amide bonds. The van der Waals surface area contributed by atoms with Gasteiger partial charge in [0.2, 0.25) is 0 Å². The lowest BCUT2D eigenvalue weighted by molar-refractivity contribution is 0.0617. The monoisotopic (exact) mass is 264 g/mol. The molecule has 2 rings (SSSR count). The fourth-order valence-corrected chi connectivity index (χ4v) is 2.79. The average Bonchev–Trinajstić information content (AvgIpc) is 2.79. The Hall–Kier alpha value is -1.36. The molecule has 0 spiro atoms. The smallest absolute Gasteiger partial charge is 0.257 e. The van der Waals surface area contributed by atoms with E-state index in [1.54, 1.807) is 4.68 Å². The molecule has 2 heterocycles. The number of hydrogen-bond donors (Lipinski definition) is 1. The number of nitrogens with two attached hydrogens (primary N) is 1. The predicted molar refractivity (Wildman–Crippen MR) is 74.8 cm³/mol. The average molecular weight is 264 g/mol. The Bertz CT molecular complexity index is 454. The largest absolute Gasteiger partial charge is 0.338 e. The van der Waals surface area contributed by atoms with Crippen LogP contribution in [-0.2, 0) is 13.5 Å². The highest BCUT2D eigenvalue weighted by Crippen LogP contribution is 2.24. The zero-order valence-electron chi connectivity index (χ0n) is 12.1. The van der Waals surface area contributed by atoms with Crippen LogP contribution in [0.25, 0.3) is 0 Å². The van der Waals surface area contributed by atoms with Crippen molar-refractivity contribution in [2.45, 2.75) is 26.7 Å². The summed E-state index contributed by atoms with van der Waals surface area (Å²) in [5, 5.41) is 4.34. The Labute approximate surface area is 114 Å². The van der Waals surface area contributed by atoms with Crippen LogP contribution in [0.2, 0.25) is 0 Å². The molecule has 19 heavy (non-hydrogen) atoms. The highest BCUT2D eigenvalue weighted by Gasteiger charge is 2.29. The van der Waals surface area contributed by atoms with Gasteiger partial charge in [0.05, 0.1) is 11.3 Å². The van der Waals surface area contributed by atoms with Crippen molar-refractivity contribution in [2.24, 2.45) is 24.6 Å². The summed E-state index contributed by atoms with van der Waals surface area (Å²) in [4.78, 5) is 14.5. The Morgan fingerprint density at radius 1 is 1.58 bits per heavy atom. The third kappa shape index (κ3) is 2.81. The summed E-state index contributed by atoms with van der Waals surface area (Å²) < 4.78 is 1.72. The Morgan fingerprint density at radius 2 is 2.32 bits per heavy atom. The summed E-state index contributed by atoms with van der Waals surface area (Å²) in [5.41, 5.74) is 7.43. The molecule has 0 aromatic carbocycles. The van der Waals surface area contributed by atoms with Crippen molar-refractivity contribution < 1.29 is 4.79 Å². The highest BCUT2D eigenvalue weighted by molar-refractivity contribution is 5.95. The second-order valence-electron chi connectivity index (χ2n) is 5.53. The van der Waals surface area contributed by atoms with Gasteiger partial charge < -0.3 is 10.6 Å². The number of amides is 1. The van der Waals surface area contributed by atoms with Gasteiger partial charge in [-0.3, -0.25) is 9.48 Å². The lowest BCUT2D eigenvalue weighted by Crippen LogP contribution is -2.45. The van der Waals surface area contributed by atoms with Gasteiger partial charge in [-0.15, -0.1) is 0 Å². The van der Waals surface area contributed by atoms with Crippen LogP contribution in [0.5, 0.6) is 0 Å². The number of rotatable bonds is 3. The molecular formula is C14H24N4O. The van der Waals surface area contributed by atoms with E-state index in [0.29, 0.717) is 18.4 Å². The number of aromatic nitrogens is 2. The zero-order chi connectivity index (χ0) is 14.0. The third-order valence-electron chi connectivity index (χ3n) is 4.17. The van der Waals surface area contributed by atoms with Crippen LogP contribution in [0.4, 0.5) is 0 Å². The number of piperidine rings is 1. The predicted octanol–water partition coefficient (Wildman–Crippen LogP) is 1.04. The molecule has 0 saturated carbocycles. The van der Waals surface area contributed by atoms with Gasteiger partial charge in [-0.25, -0.2) is 0 Å². The van der Waals surface area contributed by atoms with Crippen molar-refractivity contribution in [3.63, 3.8) is 0 Å². The molecule has 1 aromatic rings. The normalized spacial score (nSPS) is 23.7. The fraction of sp³-hybridized carbons (Fsp3) is 0.714. The first-order valence-corrected chi connectivity index (χ1v) is 7.08. The molecule has 2 atom stereocenters. The first-order valence-electron chi connectivity index (χ1n) is 7.08. The van der Waals surface area contributed by atoms with E-state index in [-0.39, 0.29) is 5.91 Å². The van der Waals surface area contributed by atoms with E-state index in [0.717, 1.165) is 37.2 Å². The Balaban J connectivity index is 2.15. The van der Waals surface area contributed by atoms with Crippen LogP contribution in [-0.4, -0.2) is 40.2 Å². The molecule has 1 aromatic heterocycles. The molecule has 1 fully saturated rings. The van der Waals surface area contributed by atoms with Gasteiger partial charge in [0.25, 0.3) is 5.91 Å². The number of carbonyl (C=O) groups excluding carboxylic acids is 1. The van der Waals surface area contributed by atoms with Gasteiger partial charge in [0, 0.05) is 26.3 Å². The molecule has 1 saturated heterocycles. The van der Waals surface area contributed by atoms with E-state index >= 15 is 0 Å². The van der Waals surface area contributed by atoms with E-state index in [9.17, 15) is 4.79 Å². The number of aryl methyl sites for hydroxylation is 2. The van der Waals surface area contributed by atoms with Gasteiger partial charge in [-0.05, 0) is 31.2 Å². The maximum Gasteiger partial charge on any atom is 0.257 e. The number of nitrogens with zero attached hydrogens (tertiary/aromatic N) is 3. The standard InChI is InChI=1S/C14H24N4O/c1-4-13-12(9-17(3)16-13)14(19)18-6-5-10(2)11(7-15)8-18/h9-11H,4-8,15H2,1-3H3. The summed E-state index contributed by atoms with van der Waals surface area (Å²) in [5.74, 6) is 1.13. The first-order chi connectivity index (χ1) is 9.06. The van der Waals surface area contributed by atoms with Crippen LogP contribution in [0.1, 0.15) is 36.3 Å². The molecular weight excluding hydrogens is 240 g/mol. The molecule has 106 valence electrons. The van der Waals surface area contributed by atoms with Crippen LogP contribution >= 0.6 is 0 Å². The van der Waals surface area contributed by atoms with Crippen molar-refractivity contribution in [1.82, 2.24) is 14.7 Å². The van der Waals surface area contributed by atoms with E-state index in [1.165, 1.54) is 0 Å². The summed E-state index contributed by atoms with van der Waals surface area (Å²) in [6.07, 6.45) is 3.65. The van der Waals surface area contributed by atoms with Crippen molar-refractivity contribution in [3.05, 3.63) is 17.5 Å². The number of hydrogen-bond acceptors (Lipinski definition) is 3. The van der Waals surface area contributed by atoms with Crippen LogP contribution in [0.3, 0.4) is 0 Å². The maximum atomic E-state index is 12.6. The van der Waals surface area contributed by atoms with Gasteiger partial charge in [0.15, 0.2) is 0 Å². The Morgan fingerprint density at radius 3 is 2.95 bits per heavy atom. The molecule has 0 bridgehead atoms. The zero-order valence-corrected chi connectivity index (χ0v) is 12.1. The molecule has 0 radical (unpaired) electrons. The first kappa shape index (κ1) is 14.1. The van der Waals surface area contributed by atoms with Crippen molar-refractivity contribution in [2.75, 3.05) is 19.6 Å². The minimum atomic E-state index is 0.107. The molecule has 1 aliphatic heterocycles. The molecule has 0 aliphatic carbocycles. The molecule has 5 nitrogen and oxygen atoms in total. The van der Waals surface area contributed by atoms with Crippen molar-refractivity contribution >= 4 is 5.91 Å². The molecule has 1 aliphatic rings. The summed E-state index contributed by atoms with van der Waals surface area (Å²) >= 11 is 0. The summed E-state index contributed by atoms with van der Waals surface area (Å²) in [6.45, 7) is 6.50. The van der Waals surface area contributed by atoms with Gasteiger partial charge in [-0.2, -0.15) is 5.10 Å². The van der Waals surface area contributed by atoms with Gasteiger partial charge >= 0.3 is 0 Å². The minimum absolute atomic E-state index is 0.107. The lowest BCUT2D eigenvalue weighted by atomic mass is 9.87. The maximum absolute atomic E-state index is 12.6. The second kappa shape index (κ2) is 5.74. The number of likely N-dealkylation sites (tertiary alicyclic amines) is 1. The van der Waals surface area contributed by atoms with Crippen molar-refractivity contribution in [3.8, 4) is 0 Å². The molecule has 2 N–H and O–H groups in total. The van der Waals surface area contributed by atoms with Gasteiger partial charge in [0.1, 0.15) is 0 Å². The second-order valence-corrected chi connectivity index (χ2v) is 5.53. The lowest BCUT2D eigenvalue weighted by Gasteiger charge is -2.36. The third-order valence-corrected chi connectivity index (χ3v) is 4.17. The van der Waals surface area contributed by atoms with E-state index in [2.05, 4.69) is 12.0 Å². The number of carbonyl (C=O) groups is 1. The Kier molecular flexibility index (Phi) is 4.24. The quantitative estimate of drug-likeness (QED) is 0.887. The van der Waals surface area contributed by atoms with E-state index < -0.39 is 0 Å². The topological polar surface area (TPSA) is 64.2 Å². The van der Waals surface area contributed by atoms with Crippen molar-refractivity contribution in [1.29, 1.82) is 0 Å². The molecule has 5 heteroatoms. The van der Waals surface area contributed by atoms with E-state index in [4.69, 9.17) is 5.73 Å².